The van der Waals surface area contributed by atoms with Crippen LogP contribution in [0.15, 0.2) is 76.7 Å². The molecule has 0 atom stereocenters. The van der Waals surface area contributed by atoms with Crippen LogP contribution in [-0.4, -0.2) is 21.6 Å². The van der Waals surface area contributed by atoms with E-state index in [1.807, 2.05) is 66.7 Å². The highest BCUT2D eigenvalue weighted by Gasteiger charge is 2.17. The van der Waals surface area contributed by atoms with Gasteiger partial charge in [-0.15, -0.1) is 11.3 Å². The van der Waals surface area contributed by atoms with Crippen LogP contribution in [0.25, 0.3) is 10.2 Å². The van der Waals surface area contributed by atoms with Crippen molar-refractivity contribution in [1.29, 1.82) is 0 Å². The molecule has 0 spiro atoms. The first-order valence-corrected chi connectivity index (χ1v) is 11.5. The summed E-state index contributed by atoms with van der Waals surface area (Å²) in [6.07, 6.45) is 0.868. The lowest BCUT2D eigenvalue weighted by Crippen LogP contribution is -2.32. The van der Waals surface area contributed by atoms with Crippen molar-refractivity contribution >= 4 is 44.9 Å². The van der Waals surface area contributed by atoms with Crippen LogP contribution in [0, 0.1) is 0 Å². The van der Waals surface area contributed by atoms with Crippen molar-refractivity contribution in [2.75, 3.05) is 10.7 Å². The van der Waals surface area contributed by atoms with Gasteiger partial charge in [-0.3, -0.25) is 9.59 Å². The fourth-order valence-electron chi connectivity index (χ4n) is 3.11. The molecule has 0 radical (unpaired) electrons. The third-order valence-corrected chi connectivity index (χ3v) is 6.70. The molecule has 152 valence electrons. The standard InChI is InChI=1S/C23H21N3O2S2/c1-2-18-13-19-21(28)24-23(25-22(19)30-18)29-15-20(27)26(17-11-7-4-8-12-17)14-16-9-5-3-6-10-16/h3-13H,2,14-15H2,1H3,(H,24,25,28). The van der Waals surface area contributed by atoms with E-state index in [4.69, 9.17) is 0 Å². The Balaban J connectivity index is 1.54. The van der Waals surface area contributed by atoms with E-state index in [0.29, 0.717) is 17.1 Å². The zero-order valence-corrected chi connectivity index (χ0v) is 18.1. The average molecular weight is 436 g/mol. The predicted octanol–water partition coefficient (Wildman–Crippen LogP) is 4.87. The first kappa shape index (κ1) is 20.4. The lowest BCUT2D eigenvalue weighted by Gasteiger charge is -2.23. The molecule has 0 fully saturated rings. The van der Waals surface area contributed by atoms with Crippen molar-refractivity contribution in [2.24, 2.45) is 0 Å². The van der Waals surface area contributed by atoms with Crippen LogP contribution in [0.4, 0.5) is 5.69 Å². The second kappa shape index (κ2) is 9.28. The number of aryl methyl sites for hydroxylation is 1. The van der Waals surface area contributed by atoms with Gasteiger partial charge >= 0.3 is 0 Å². The monoisotopic (exact) mass is 435 g/mol. The lowest BCUT2D eigenvalue weighted by molar-refractivity contribution is -0.116. The molecule has 2 heterocycles. The van der Waals surface area contributed by atoms with Gasteiger partial charge in [0.05, 0.1) is 17.7 Å². The maximum absolute atomic E-state index is 13.1. The third kappa shape index (κ3) is 4.63. The largest absolute Gasteiger partial charge is 0.307 e. The molecule has 0 unspecified atom stereocenters. The summed E-state index contributed by atoms with van der Waals surface area (Å²) in [7, 11) is 0. The van der Waals surface area contributed by atoms with Crippen molar-refractivity contribution < 1.29 is 4.79 Å². The van der Waals surface area contributed by atoms with Gasteiger partial charge in [0.25, 0.3) is 5.56 Å². The number of amides is 1. The minimum absolute atomic E-state index is 0.0433. The summed E-state index contributed by atoms with van der Waals surface area (Å²) >= 11 is 2.78. The van der Waals surface area contributed by atoms with Gasteiger partial charge < -0.3 is 9.88 Å². The van der Waals surface area contributed by atoms with Gasteiger partial charge in [0, 0.05) is 10.6 Å². The molecule has 30 heavy (non-hydrogen) atoms. The second-order valence-corrected chi connectivity index (χ2v) is 8.83. The maximum Gasteiger partial charge on any atom is 0.260 e. The third-order valence-electron chi connectivity index (χ3n) is 4.66. The average Bonchev–Trinajstić information content (AvgIpc) is 3.21. The summed E-state index contributed by atoms with van der Waals surface area (Å²) in [5.74, 6) is 0.139. The molecule has 0 saturated heterocycles. The van der Waals surface area contributed by atoms with Gasteiger partial charge in [0.2, 0.25) is 5.91 Å². The Morgan fingerprint density at radius 3 is 2.50 bits per heavy atom. The molecule has 0 aliphatic rings. The molecule has 0 saturated carbocycles. The summed E-state index contributed by atoms with van der Waals surface area (Å²) in [4.78, 5) is 36.4. The van der Waals surface area contributed by atoms with Gasteiger partial charge in [0.15, 0.2) is 5.16 Å². The Morgan fingerprint density at radius 1 is 1.10 bits per heavy atom. The van der Waals surface area contributed by atoms with Crippen LogP contribution in [-0.2, 0) is 17.8 Å². The Kier molecular flexibility index (Phi) is 6.30. The smallest absolute Gasteiger partial charge is 0.260 e. The Hall–Kier alpha value is -2.90. The van der Waals surface area contributed by atoms with Gasteiger partial charge in [-0.2, -0.15) is 0 Å². The maximum atomic E-state index is 13.1. The minimum atomic E-state index is -0.157. The van der Waals surface area contributed by atoms with E-state index in [9.17, 15) is 9.59 Å². The molecule has 1 amide bonds. The highest BCUT2D eigenvalue weighted by molar-refractivity contribution is 7.99. The van der Waals surface area contributed by atoms with Crippen molar-refractivity contribution in [3.05, 3.63) is 87.5 Å². The fourth-order valence-corrected chi connectivity index (χ4v) is 4.87. The SMILES string of the molecule is CCc1cc2c(=O)[nH]c(SCC(=O)N(Cc3ccccc3)c3ccccc3)nc2s1. The highest BCUT2D eigenvalue weighted by Crippen LogP contribution is 2.25. The number of nitrogens with zero attached hydrogens (tertiary/aromatic N) is 2. The number of H-pyrrole nitrogens is 1. The molecule has 2 aromatic carbocycles. The van der Waals surface area contributed by atoms with Gasteiger partial charge in [-0.25, -0.2) is 4.98 Å². The van der Waals surface area contributed by atoms with Crippen LogP contribution < -0.4 is 10.5 Å². The number of carbonyl (C=O) groups is 1. The Morgan fingerprint density at radius 2 is 1.80 bits per heavy atom. The number of para-hydroxylation sites is 1. The Labute approximate surface area is 182 Å². The van der Waals surface area contributed by atoms with E-state index in [1.165, 1.54) is 23.1 Å². The summed E-state index contributed by atoms with van der Waals surface area (Å²) in [6, 6.07) is 21.4. The van der Waals surface area contributed by atoms with E-state index in [-0.39, 0.29) is 17.2 Å². The topological polar surface area (TPSA) is 66.1 Å². The summed E-state index contributed by atoms with van der Waals surface area (Å²) < 4.78 is 0. The van der Waals surface area contributed by atoms with Crippen molar-refractivity contribution in [1.82, 2.24) is 9.97 Å². The van der Waals surface area contributed by atoms with E-state index < -0.39 is 0 Å². The number of carbonyl (C=O) groups excluding carboxylic acids is 1. The number of thiophene rings is 1. The van der Waals surface area contributed by atoms with Crippen LogP contribution in [0.3, 0.4) is 0 Å². The minimum Gasteiger partial charge on any atom is -0.307 e. The zero-order chi connectivity index (χ0) is 20.9. The molecule has 1 N–H and O–H groups in total. The van der Waals surface area contributed by atoms with E-state index in [1.54, 1.807) is 4.90 Å². The number of aromatic amines is 1. The number of hydrogen-bond acceptors (Lipinski definition) is 5. The fraction of sp³-hybridized carbons (Fsp3) is 0.174. The zero-order valence-electron chi connectivity index (χ0n) is 16.5. The number of anilines is 1. The molecule has 7 heteroatoms. The second-order valence-electron chi connectivity index (χ2n) is 6.75. The molecular weight excluding hydrogens is 414 g/mol. The number of nitrogens with one attached hydrogen (secondary N) is 1. The van der Waals surface area contributed by atoms with E-state index in [2.05, 4.69) is 16.9 Å². The van der Waals surface area contributed by atoms with Crippen molar-refractivity contribution in [3.63, 3.8) is 0 Å². The first-order chi connectivity index (χ1) is 14.6. The number of rotatable bonds is 7. The van der Waals surface area contributed by atoms with Crippen molar-refractivity contribution in [2.45, 2.75) is 25.0 Å². The Bertz CT molecular complexity index is 1200. The molecule has 4 aromatic rings. The van der Waals surface area contributed by atoms with Crippen LogP contribution >= 0.6 is 23.1 Å². The molecule has 0 aliphatic heterocycles. The molecule has 5 nitrogen and oxygen atoms in total. The summed E-state index contributed by atoms with van der Waals surface area (Å²) in [5.41, 5.74) is 1.74. The summed E-state index contributed by atoms with van der Waals surface area (Å²) in [5, 5.41) is 1.08. The van der Waals surface area contributed by atoms with E-state index in [0.717, 1.165) is 27.4 Å². The van der Waals surface area contributed by atoms with Gasteiger partial charge in [-0.05, 0) is 30.2 Å². The number of thioether (sulfide) groups is 1. The number of fused-ring (bicyclic) bond motifs is 1. The molecule has 0 aliphatic carbocycles. The van der Waals surface area contributed by atoms with Gasteiger partial charge in [0.1, 0.15) is 4.83 Å². The first-order valence-electron chi connectivity index (χ1n) is 9.69. The van der Waals surface area contributed by atoms with Crippen LogP contribution in [0.5, 0.6) is 0 Å². The van der Waals surface area contributed by atoms with Crippen LogP contribution in [0.1, 0.15) is 17.4 Å². The molecule has 4 rings (SSSR count). The summed E-state index contributed by atoms with van der Waals surface area (Å²) in [6.45, 7) is 2.54. The molecular formula is C23H21N3O2S2. The van der Waals surface area contributed by atoms with Gasteiger partial charge in [-0.1, -0.05) is 67.2 Å². The number of hydrogen-bond donors (Lipinski definition) is 1. The highest BCUT2D eigenvalue weighted by atomic mass is 32.2. The van der Waals surface area contributed by atoms with Crippen molar-refractivity contribution in [3.8, 4) is 0 Å². The predicted molar refractivity (Wildman–Crippen MR) is 124 cm³/mol. The van der Waals surface area contributed by atoms with Crippen LogP contribution in [0.2, 0.25) is 0 Å². The lowest BCUT2D eigenvalue weighted by atomic mass is 10.2. The number of aromatic nitrogens is 2. The molecule has 2 aromatic heterocycles. The van der Waals surface area contributed by atoms with E-state index >= 15 is 0 Å². The number of benzene rings is 2. The molecule has 0 bridgehead atoms. The quantitative estimate of drug-likeness (QED) is 0.332. The normalized spacial score (nSPS) is 11.0.